The van der Waals surface area contributed by atoms with Crippen LogP contribution in [0.15, 0.2) is 36.5 Å². The lowest BCUT2D eigenvalue weighted by Crippen LogP contribution is -2.05. The molecule has 1 heterocycles. The van der Waals surface area contributed by atoms with E-state index in [1.807, 2.05) is 0 Å². The second-order valence-electron chi connectivity index (χ2n) is 3.45. The third-order valence-corrected chi connectivity index (χ3v) is 2.31. The average Bonchev–Trinajstić information content (AvgIpc) is 2.32. The van der Waals surface area contributed by atoms with Crippen molar-refractivity contribution in [1.29, 1.82) is 0 Å². The minimum atomic E-state index is -1.42. The number of aliphatic hydroxyl groups excluding tert-OH is 1. The molecule has 17 heavy (non-hydrogen) atoms. The van der Waals surface area contributed by atoms with Crippen LogP contribution in [0.3, 0.4) is 0 Å². The van der Waals surface area contributed by atoms with Crippen molar-refractivity contribution in [2.45, 2.75) is 6.10 Å². The third kappa shape index (κ3) is 2.29. The Bertz CT molecular complexity index is 545. The van der Waals surface area contributed by atoms with Gasteiger partial charge in [0.1, 0.15) is 17.6 Å². The Morgan fingerprint density at radius 3 is 2.41 bits per heavy atom. The fourth-order valence-electron chi connectivity index (χ4n) is 1.44. The number of pyridine rings is 1. The van der Waals surface area contributed by atoms with Gasteiger partial charge in [-0.05, 0) is 29.8 Å². The molecule has 2 aromatic rings. The first kappa shape index (κ1) is 11.6. The number of hydrogen-bond acceptors (Lipinski definition) is 2. The van der Waals surface area contributed by atoms with E-state index >= 15 is 0 Å². The van der Waals surface area contributed by atoms with E-state index in [1.165, 1.54) is 18.3 Å². The zero-order valence-electron chi connectivity index (χ0n) is 8.57. The summed E-state index contributed by atoms with van der Waals surface area (Å²) in [5.41, 5.74) is -0.181. The zero-order valence-corrected chi connectivity index (χ0v) is 8.57. The van der Waals surface area contributed by atoms with E-state index in [-0.39, 0.29) is 11.3 Å². The van der Waals surface area contributed by atoms with Gasteiger partial charge >= 0.3 is 0 Å². The smallest absolute Gasteiger partial charge is 0.159 e. The summed E-state index contributed by atoms with van der Waals surface area (Å²) < 4.78 is 39.0. The van der Waals surface area contributed by atoms with E-state index < -0.39 is 23.6 Å². The standard InChI is InChI=1S/C12H8F3NO/c13-8-4-3-7(6-10(8)15)12(17)11-9(14)2-1-5-16-11/h1-6,12,17H. The van der Waals surface area contributed by atoms with Gasteiger partial charge in [-0.25, -0.2) is 13.2 Å². The molecular formula is C12H8F3NO. The van der Waals surface area contributed by atoms with Gasteiger partial charge in [0, 0.05) is 6.20 Å². The van der Waals surface area contributed by atoms with Gasteiger partial charge in [-0.1, -0.05) is 6.07 Å². The molecule has 0 aliphatic heterocycles. The van der Waals surface area contributed by atoms with Gasteiger partial charge in [-0.2, -0.15) is 0 Å². The number of halogens is 3. The molecule has 0 saturated carbocycles. The van der Waals surface area contributed by atoms with Crippen molar-refractivity contribution < 1.29 is 18.3 Å². The molecule has 1 N–H and O–H groups in total. The number of aromatic nitrogens is 1. The summed E-state index contributed by atoms with van der Waals surface area (Å²) in [6.45, 7) is 0. The van der Waals surface area contributed by atoms with Crippen LogP contribution in [0.25, 0.3) is 0 Å². The van der Waals surface area contributed by atoms with Gasteiger partial charge in [-0.15, -0.1) is 0 Å². The van der Waals surface area contributed by atoms with Crippen LogP contribution in [-0.2, 0) is 0 Å². The van der Waals surface area contributed by atoms with Crippen LogP contribution in [0.4, 0.5) is 13.2 Å². The van der Waals surface area contributed by atoms with Gasteiger partial charge in [0.25, 0.3) is 0 Å². The molecule has 2 nitrogen and oxygen atoms in total. The predicted molar refractivity (Wildman–Crippen MR) is 54.6 cm³/mol. The molecule has 0 bridgehead atoms. The fraction of sp³-hybridized carbons (Fsp3) is 0.0833. The molecule has 88 valence electrons. The van der Waals surface area contributed by atoms with Crippen molar-refractivity contribution in [3.8, 4) is 0 Å². The van der Waals surface area contributed by atoms with Crippen LogP contribution in [0.1, 0.15) is 17.4 Å². The maximum atomic E-state index is 13.3. The average molecular weight is 239 g/mol. The van der Waals surface area contributed by atoms with Crippen LogP contribution in [-0.4, -0.2) is 10.1 Å². The molecule has 1 unspecified atom stereocenters. The fourth-order valence-corrected chi connectivity index (χ4v) is 1.44. The molecular weight excluding hydrogens is 231 g/mol. The van der Waals surface area contributed by atoms with E-state index in [0.717, 1.165) is 18.2 Å². The zero-order chi connectivity index (χ0) is 12.4. The predicted octanol–water partition coefficient (Wildman–Crippen LogP) is 2.58. The van der Waals surface area contributed by atoms with Crippen molar-refractivity contribution in [1.82, 2.24) is 4.98 Å². The molecule has 0 radical (unpaired) electrons. The molecule has 5 heteroatoms. The number of benzene rings is 1. The topological polar surface area (TPSA) is 33.1 Å². The summed E-state index contributed by atoms with van der Waals surface area (Å²) in [6.07, 6.45) is -0.118. The first-order valence-electron chi connectivity index (χ1n) is 4.83. The molecule has 0 aliphatic carbocycles. The Hall–Kier alpha value is -1.88. The molecule has 1 aromatic carbocycles. The minimum Gasteiger partial charge on any atom is -0.382 e. The molecule has 1 atom stereocenters. The quantitative estimate of drug-likeness (QED) is 0.873. The lowest BCUT2D eigenvalue weighted by molar-refractivity contribution is 0.208. The highest BCUT2D eigenvalue weighted by atomic mass is 19.2. The first-order chi connectivity index (χ1) is 8.09. The highest BCUT2D eigenvalue weighted by Gasteiger charge is 2.17. The molecule has 0 amide bonds. The molecule has 0 fully saturated rings. The molecule has 0 spiro atoms. The maximum absolute atomic E-state index is 13.3. The van der Waals surface area contributed by atoms with Crippen molar-refractivity contribution in [3.05, 3.63) is 65.2 Å². The molecule has 2 rings (SSSR count). The van der Waals surface area contributed by atoms with Gasteiger partial charge in [-0.3, -0.25) is 4.98 Å². The lowest BCUT2D eigenvalue weighted by atomic mass is 10.1. The number of hydrogen-bond donors (Lipinski definition) is 1. The van der Waals surface area contributed by atoms with Crippen LogP contribution < -0.4 is 0 Å². The summed E-state index contributed by atoms with van der Waals surface area (Å²) >= 11 is 0. The summed E-state index contributed by atoms with van der Waals surface area (Å²) in [4.78, 5) is 3.67. The Labute approximate surface area is 95.4 Å². The second kappa shape index (κ2) is 4.55. The first-order valence-corrected chi connectivity index (χ1v) is 4.83. The van der Waals surface area contributed by atoms with Crippen molar-refractivity contribution in [2.75, 3.05) is 0 Å². The summed E-state index contributed by atoms with van der Waals surface area (Å²) in [6, 6.07) is 5.36. The number of aliphatic hydroxyl groups is 1. The monoisotopic (exact) mass is 239 g/mol. The molecule has 0 saturated heterocycles. The van der Waals surface area contributed by atoms with E-state index in [4.69, 9.17) is 0 Å². The summed E-state index contributed by atoms with van der Waals surface area (Å²) in [7, 11) is 0. The van der Waals surface area contributed by atoms with Gasteiger partial charge in [0.15, 0.2) is 11.6 Å². The normalized spacial score (nSPS) is 12.5. The van der Waals surface area contributed by atoms with Gasteiger partial charge in [0.2, 0.25) is 0 Å². The van der Waals surface area contributed by atoms with Crippen LogP contribution in [0.2, 0.25) is 0 Å². The number of rotatable bonds is 2. The number of nitrogens with zero attached hydrogens (tertiary/aromatic N) is 1. The minimum absolute atomic E-state index is 0.0431. The lowest BCUT2D eigenvalue weighted by Gasteiger charge is -2.11. The second-order valence-corrected chi connectivity index (χ2v) is 3.45. The largest absolute Gasteiger partial charge is 0.382 e. The maximum Gasteiger partial charge on any atom is 0.159 e. The summed E-state index contributed by atoms with van der Waals surface area (Å²) in [5.74, 6) is -2.83. The van der Waals surface area contributed by atoms with Crippen molar-refractivity contribution in [2.24, 2.45) is 0 Å². The van der Waals surface area contributed by atoms with E-state index in [2.05, 4.69) is 4.98 Å². The van der Waals surface area contributed by atoms with Gasteiger partial charge in [0.05, 0.1) is 0 Å². The molecule has 0 aliphatic rings. The van der Waals surface area contributed by atoms with Crippen molar-refractivity contribution in [3.63, 3.8) is 0 Å². The SMILES string of the molecule is OC(c1ccc(F)c(F)c1)c1ncccc1F. The Morgan fingerprint density at radius 2 is 1.76 bits per heavy atom. The van der Waals surface area contributed by atoms with E-state index in [9.17, 15) is 18.3 Å². The van der Waals surface area contributed by atoms with Crippen LogP contribution in [0.5, 0.6) is 0 Å². The van der Waals surface area contributed by atoms with E-state index in [1.54, 1.807) is 0 Å². The highest BCUT2D eigenvalue weighted by Crippen LogP contribution is 2.23. The van der Waals surface area contributed by atoms with Crippen LogP contribution in [0, 0.1) is 17.5 Å². The van der Waals surface area contributed by atoms with Gasteiger partial charge < -0.3 is 5.11 Å². The highest BCUT2D eigenvalue weighted by molar-refractivity contribution is 5.27. The third-order valence-electron chi connectivity index (χ3n) is 2.31. The van der Waals surface area contributed by atoms with E-state index in [0.29, 0.717) is 0 Å². The Kier molecular flexibility index (Phi) is 3.10. The van der Waals surface area contributed by atoms with Crippen molar-refractivity contribution >= 4 is 0 Å². The Morgan fingerprint density at radius 1 is 1.00 bits per heavy atom. The molecule has 1 aromatic heterocycles. The Balaban J connectivity index is 2.40. The van der Waals surface area contributed by atoms with Crippen LogP contribution >= 0.6 is 0 Å². The summed E-state index contributed by atoms with van der Waals surface area (Å²) in [5, 5.41) is 9.80.